The van der Waals surface area contributed by atoms with E-state index in [2.05, 4.69) is 20.5 Å². The van der Waals surface area contributed by atoms with Crippen LogP contribution in [-0.4, -0.2) is 21.1 Å². The SMILES string of the molecule is Nc1cc(Cl)cc(Oc2c(Cl)ccc(CNC(=O)c3ncn[nH]3)c2F)c1. The molecule has 26 heavy (non-hydrogen) atoms. The number of ether oxygens (including phenoxy) is 1. The number of hydrogen-bond acceptors (Lipinski definition) is 5. The molecule has 0 saturated heterocycles. The lowest BCUT2D eigenvalue weighted by Crippen LogP contribution is -2.24. The molecule has 134 valence electrons. The minimum absolute atomic E-state index is 0.0187. The van der Waals surface area contributed by atoms with Crippen LogP contribution in [0.1, 0.15) is 16.2 Å². The summed E-state index contributed by atoms with van der Waals surface area (Å²) in [7, 11) is 0. The van der Waals surface area contributed by atoms with E-state index >= 15 is 0 Å². The quantitative estimate of drug-likeness (QED) is 0.572. The Morgan fingerprint density at radius 2 is 2.12 bits per heavy atom. The average Bonchev–Trinajstić information content (AvgIpc) is 3.11. The molecule has 1 aromatic heterocycles. The first-order chi connectivity index (χ1) is 12.4. The maximum absolute atomic E-state index is 14.8. The number of anilines is 1. The zero-order valence-electron chi connectivity index (χ0n) is 13.1. The van der Waals surface area contributed by atoms with Crippen LogP contribution in [-0.2, 0) is 6.54 Å². The van der Waals surface area contributed by atoms with Gasteiger partial charge in [0.15, 0.2) is 11.6 Å². The number of H-pyrrole nitrogens is 1. The second-order valence-electron chi connectivity index (χ2n) is 5.19. The molecule has 0 atom stereocenters. The van der Waals surface area contributed by atoms with E-state index in [1.54, 1.807) is 0 Å². The van der Waals surface area contributed by atoms with Crippen molar-refractivity contribution in [1.29, 1.82) is 0 Å². The number of aromatic amines is 1. The fourth-order valence-electron chi connectivity index (χ4n) is 2.14. The Labute approximate surface area is 157 Å². The van der Waals surface area contributed by atoms with Crippen molar-refractivity contribution in [2.45, 2.75) is 6.54 Å². The number of nitrogen functional groups attached to an aromatic ring is 1. The zero-order valence-corrected chi connectivity index (χ0v) is 14.6. The third-order valence-electron chi connectivity index (χ3n) is 3.31. The number of hydrogen-bond donors (Lipinski definition) is 3. The summed E-state index contributed by atoms with van der Waals surface area (Å²) >= 11 is 11.9. The summed E-state index contributed by atoms with van der Waals surface area (Å²) in [6, 6.07) is 7.40. The Hall–Kier alpha value is -2.84. The van der Waals surface area contributed by atoms with Crippen molar-refractivity contribution in [3.05, 3.63) is 63.9 Å². The van der Waals surface area contributed by atoms with E-state index in [0.717, 1.165) is 0 Å². The fourth-order valence-corrected chi connectivity index (χ4v) is 2.56. The molecular weight excluding hydrogens is 384 g/mol. The summed E-state index contributed by atoms with van der Waals surface area (Å²) in [5.74, 6) is -1.18. The van der Waals surface area contributed by atoms with E-state index in [-0.39, 0.29) is 34.5 Å². The van der Waals surface area contributed by atoms with Gasteiger partial charge in [-0.1, -0.05) is 29.3 Å². The highest BCUT2D eigenvalue weighted by atomic mass is 35.5. The highest BCUT2D eigenvalue weighted by Crippen LogP contribution is 2.35. The summed E-state index contributed by atoms with van der Waals surface area (Å²) in [6.45, 7) is -0.101. The maximum Gasteiger partial charge on any atom is 0.288 e. The largest absolute Gasteiger partial charge is 0.453 e. The van der Waals surface area contributed by atoms with Gasteiger partial charge in [-0.2, -0.15) is 5.10 Å². The Morgan fingerprint density at radius 1 is 1.31 bits per heavy atom. The van der Waals surface area contributed by atoms with Gasteiger partial charge in [0.05, 0.1) is 5.02 Å². The molecule has 0 fully saturated rings. The van der Waals surface area contributed by atoms with Crippen LogP contribution in [0.5, 0.6) is 11.5 Å². The molecule has 1 amide bonds. The zero-order chi connectivity index (χ0) is 18.7. The van der Waals surface area contributed by atoms with Crippen LogP contribution in [0.15, 0.2) is 36.7 Å². The number of rotatable bonds is 5. The lowest BCUT2D eigenvalue weighted by atomic mass is 10.2. The average molecular weight is 396 g/mol. The van der Waals surface area contributed by atoms with Crippen molar-refractivity contribution >= 4 is 34.8 Å². The minimum Gasteiger partial charge on any atom is -0.453 e. The van der Waals surface area contributed by atoms with Crippen molar-refractivity contribution in [3.63, 3.8) is 0 Å². The lowest BCUT2D eigenvalue weighted by Gasteiger charge is -2.13. The number of halogens is 3. The molecule has 3 rings (SSSR count). The minimum atomic E-state index is -0.714. The van der Waals surface area contributed by atoms with Crippen molar-refractivity contribution in [2.75, 3.05) is 5.73 Å². The molecule has 2 aromatic carbocycles. The van der Waals surface area contributed by atoms with Gasteiger partial charge in [-0.15, -0.1) is 0 Å². The molecule has 0 unspecified atom stereocenters. The normalized spacial score (nSPS) is 10.6. The predicted octanol–water partition coefficient (Wildman–Crippen LogP) is 3.56. The van der Waals surface area contributed by atoms with Gasteiger partial charge >= 0.3 is 0 Å². The Kier molecular flexibility index (Phi) is 5.24. The van der Waals surface area contributed by atoms with E-state index in [4.69, 9.17) is 33.7 Å². The highest BCUT2D eigenvalue weighted by molar-refractivity contribution is 6.32. The maximum atomic E-state index is 14.8. The Balaban J connectivity index is 1.80. The van der Waals surface area contributed by atoms with Crippen LogP contribution in [0.2, 0.25) is 10.0 Å². The van der Waals surface area contributed by atoms with Gasteiger partial charge in [0.2, 0.25) is 5.82 Å². The Bertz CT molecular complexity index is 930. The molecule has 0 saturated carbocycles. The summed E-state index contributed by atoms with van der Waals surface area (Å²) in [5.41, 5.74) is 6.23. The second kappa shape index (κ2) is 7.59. The van der Waals surface area contributed by atoms with Gasteiger partial charge in [-0.3, -0.25) is 9.89 Å². The molecule has 1 heterocycles. The number of benzene rings is 2. The summed E-state index contributed by atoms with van der Waals surface area (Å²) in [4.78, 5) is 15.6. The number of carbonyl (C=O) groups excluding carboxylic acids is 1. The van der Waals surface area contributed by atoms with Gasteiger partial charge < -0.3 is 15.8 Å². The van der Waals surface area contributed by atoms with Crippen LogP contribution in [0.4, 0.5) is 10.1 Å². The van der Waals surface area contributed by atoms with Crippen LogP contribution < -0.4 is 15.8 Å². The smallest absolute Gasteiger partial charge is 0.288 e. The van der Waals surface area contributed by atoms with E-state index in [9.17, 15) is 9.18 Å². The fraction of sp³-hybridized carbons (Fsp3) is 0.0625. The molecule has 10 heteroatoms. The third kappa shape index (κ3) is 4.04. The summed E-state index contributed by atoms with van der Waals surface area (Å²) in [6.07, 6.45) is 1.19. The first kappa shape index (κ1) is 18.0. The van der Waals surface area contributed by atoms with Crippen LogP contribution in [0.3, 0.4) is 0 Å². The predicted molar refractivity (Wildman–Crippen MR) is 94.9 cm³/mol. The van der Waals surface area contributed by atoms with Crippen molar-refractivity contribution in [2.24, 2.45) is 0 Å². The summed E-state index contributed by atoms with van der Waals surface area (Å²) < 4.78 is 20.3. The number of amides is 1. The van der Waals surface area contributed by atoms with Crippen molar-refractivity contribution < 1.29 is 13.9 Å². The molecule has 0 bridgehead atoms. The molecule has 0 aliphatic heterocycles. The molecular formula is C16H12Cl2FN5O2. The Morgan fingerprint density at radius 3 is 2.81 bits per heavy atom. The standard InChI is InChI=1S/C16H12Cl2FN5O2/c17-9-3-10(20)5-11(4-9)26-14-12(18)2-1-8(13(14)19)6-21-16(25)15-22-7-23-24-15/h1-5,7H,6,20H2,(H,21,25)(H,22,23,24). The van der Waals surface area contributed by atoms with E-state index in [0.29, 0.717) is 10.7 Å². The van der Waals surface area contributed by atoms with Crippen molar-refractivity contribution in [3.8, 4) is 11.5 Å². The first-order valence-electron chi connectivity index (χ1n) is 7.28. The second-order valence-corrected chi connectivity index (χ2v) is 6.03. The topological polar surface area (TPSA) is 106 Å². The van der Waals surface area contributed by atoms with E-state index in [1.807, 2.05) is 0 Å². The van der Waals surface area contributed by atoms with E-state index < -0.39 is 11.7 Å². The monoisotopic (exact) mass is 395 g/mol. The first-order valence-corrected chi connectivity index (χ1v) is 8.04. The molecule has 3 aromatic rings. The van der Waals surface area contributed by atoms with Crippen LogP contribution >= 0.6 is 23.2 Å². The molecule has 4 N–H and O–H groups in total. The molecule has 0 aliphatic rings. The summed E-state index contributed by atoms with van der Waals surface area (Å²) in [5, 5.41) is 8.91. The number of nitrogens with two attached hydrogens (primary N) is 1. The molecule has 0 spiro atoms. The van der Waals surface area contributed by atoms with Gasteiger partial charge in [0, 0.05) is 28.9 Å². The van der Waals surface area contributed by atoms with Gasteiger partial charge in [-0.25, -0.2) is 9.37 Å². The molecule has 0 radical (unpaired) electrons. The van der Waals surface area contributed by atoms with Gasteiger partial charge in [0.1, 0.15) is 12.1 Å². The lowest BCUT2D eigenvalue weighted by molar-refractivity contribution is 0.0940. The van der Waals surface area contributed by atoms with Crippen LogP contribution in [0, 0.1) is 5.82 Å². The number of nitrogens with one attached hydrogen (secondary N) is 2. The third-order valence-corrected chi connectivity index (χ3v) is 3.83. The van der Waals surface area contributed by atoms with Crippen molar-refractivity contribution in [1.82, 2.24) is 20.5 Å². The highest BCUT2D eigenvalue weighted by Gasteiger charge is 2.17. The molecule has 7 nitrogen and oxygen atoms in total. The van der Waals surface area contributed by atoms with Crippen LogP contribution in [0.25, 0.3) is 0 Å². The van der Waals surface area contributed by atoms with E-state index in [1.165, 1.54) is 36.7 Å². The van der Waals surface area contributed by atoms with Gasteiger partial charge in [-0.05, 0) is 18.2 Å². The molecule has 0 aliphatic carbocycles. The number of aromatic nitrogens is 3. The number of carbonyl (C=O) groups is 1. The number of nitrogens with zero attached hydrogens (tertiary/aromatic N) is 2. The van der Waals surface area contributed by atoms with Gasteiger partial charge in [0.25, 0.3) is 5.91 Å².